The average Bonchev–Trinajstić information content (AvgIpc) is 2.81. The second-order valence-corrected chi connectivity index (χ2v) is 8.24. The van der Waals surface area contributed by atoms with Gasteiger partial charge in [-0.1, -0.05) is 19.1 Å². The Morgan fingerprint density at radius 3 is 2.06 bits per heavy atom. The predicted molar refractivity (Wildman–Crippen MR) is 110 cm³/mol. The number of ether oxygens (including phenoxy) is 2. The first-order valence-electron chi connectivity index (χ1n) is 10.5. The Labute approximate surface area is 190 Å². The van der Waals surface area contributed by atoms with Crippen LogP contribution in [0.3, 0.4) is 0 Å². The molecule has 0 N–H and O–H groups in total. The fraction of sp³-hybridized carbons (Fsp3) is 0.280. The third kappa shape index (κ3) is 4.75. The normalized spacial score (nSPS) is 18.7. The summed E-state index contributed by atoms with van der Waals surface area (Å²) in [6.45, 7) is 2.63. The third-order valence-electron chi connectivity index (χ3n) is 5.70. The van der Waals surface area contributed by atoms with E-state index in [4.69, 9.17) is 4.74 Å². The fourth-order valence-electron chi connectivity index (χ4n) is 3.78. The van der Waals surface area contributed by atoms with E-state index in [2.05, 4.69) is 11.7 Å². The van der Waals surface area contributed by atoms with Crippen LogP contribution in [0.4, 0.5) is 30.7 Å². The van der Waals surface area contributed by atoms with Crippen molar-refractivity contribution in [2.45, 2.75) is 32.0 Å². The van der Waals surface area contributed by atoms with E-state index in [0.29, 0.717) is 36.3 Å². The molecule has 2 atom stereocenters. The van der Waals surface area contributed by atoms with Crippen molar-refractivity contribution in [1.82, 2.24) is 0 Å². The van der Waals surface area contributed by atoms with Gasteiger partial charge in [-0.3, -0.25) is 0 Å². The van der Waals surface area contributed by atoms with Gasteiger partial charge < -0.3 is 9.47 Å². The molecule has 4 rings (SSSR count). The lowest BCUT2D eigenvalue weighted by molar-refractivity contribution is -0.187. The van der Waals surface area contributed by atoms with E-state index in [9.17, 15) is 30.7 Å². The Hall–Kier alpha value is -3.07. The van der Waals surface area contributed by atoms with Crippen molar-refractivity contribution in [3.63, 3.8) is 0 Å². The highest BCUT2D eigenvalue weighted by Crippen LogP contribution is 2.38. The summed E-state index contributed by atoms with van der Waals surface area (Å²) in [6, 6.07) is 7.59. The van der Waals surface area contributed by atoms with E-state index in [-0.39, 0.29) is 6.10 Å². The van der Waals surface area contributed by atoms with Crippen LogP contribution in [0.15, 0.2) is 48.5 Å². The number of hydrogen-bond donors (Lipinski definition) is 0. The minimum atomic E-state index is -4.01. The number of halogens is 7. The molecule has 2 unspecified atom stereocenters. The van der Waals surface area contributed by atoms with Gasteiger partial charge in [0.15, 0.2) is 29.0 Å². The monoisotopic (exact) mass is 484 g/mol. The summed E-state index contributed by atoms with van der Waals surface area (Å²) in [6.07, 6.45) is -2.51. The molecule has 1 fully saturated rings. The maximum atomic E-state index is 14.7. The van der Waals surface area contributed by atoms with Gasteiger partial charge in [0.25, 0.3) is 0 Å². The van der Waals surface area contributed by atoms with E-state index in [1.165, 1.54) is 12.1 Å². The molecule has 9 heteroatoms. The zero-order valence-electron chi connectivity index (χ0n) is 17.9. The molecule has 2 nitrogen and oxygen atoms in total. The fourth-order valence-corrected chi connectivity index (χ4v) is 3.78. The Morgan fingerprint density at radius 2 is 1.47 bits per heavy atom. The summed E-state index contributed by atoms with van der Waals surface area (Å²) in [5, 5.41) is 0. The van der Waals surface area contributed by atoms with Gasteiger partial charge in [0.05, 0.1) is 11.7 Å². The highest BCUT2D eigenvalue weighted by atomic mass is 19.3. The van der Waals surface area contributed by atoms with Crippen LogP contribution in [0.2, 0.25) is 0 Å². The van der Waals surface area contributed by atoms with Crippen LogP contribution in [-0.4, -0.2) is 6.61 Å². The van der Waals surface area contributed by atoms with Gasteiger partial charge in [-0.2, -0.15) is 13.2 Å². The summed E-state index contributed by atoms with van der Waals surface area (Å²) in [4.78, 5) is 0. The molecular formula is C25H19F7O2. The lowest BCUT2D eigenvalue weighted by Gasteiger charge is -2.27. The van der Waals surface area contributed by atoms with Crippen LogP contribution in [-0.2, 0) is 10.8 Å². The molecule has 180 valence electrons. The first-order valence-corrected chi connectivity index (χ1v) is 10.5. The van der Waals surface area contributed by atoms with Crippen molar-refractivity contribution < 1.29 is 40.2 Å². The van der Waals surface area contributed by atoms with Gasteiger partial charge in [0.1, 0.15) is 0 Å². The van der Waals surface area contributed by atoms with Gasteiger partial charge in [0.2, 0.25) is 5.82 Å². The molecule has 1 aliphatic heterocycles. The number of alkyl halides is 2. The van der Waals surface area contributed by atoms with Crippen molar-refractivity contribution in [2.75, 3.05) is 6.61 Å². The van der Waals surface area contributed by atoms with Crippen LogP contribution in [0.25, 0.3) is 11.1 Å². The lowest BCUT2D eigenvalue weighted by atomic mass is 9.95. The van der Waals surface area contributed by atoms with Crippen LogP contribution in [0.5, 0.6) is 5.75 Å². The molecule has 0 aromatic heterocycles. The average molecular weight is 484 g/mol. The standard InChI is InChI=1S/C25H19F7O2/c1-13-2-8-20(33-12-13)14-3-5-16(6-4-14)25(31,32)34-21-9-7-17(22(28)24(21)30)15-10-18(26)23(29)19(27)11-15/h3-7,9-11,13,20H,2,8,12H2,1H3. The van der Waals surface area contributed by atoms with Crippen molar-refractivity contribution in [3.8, 4) is 16.9 Å². The van der Waals surface area contributed by atoms with Gasteiger partial charge >= 0.3 is 6.11 Å². The van der Waals surface area contributed by atoms with E-state index in [0.717, 1.165) is 31.0 Å². The molecule has 0 bridgehead atoms. The van der Waals surface area contributed by atoms with Crippen molar-refractivity contribution >= 4 is 0 Å². The van der Waals surface area contributed by atoms with E-state index < -0.39 is 57.6 Å². The Balaban J connectivity index is 1.55. The summed E-state index contributed by atoms with van der Waals surface area (Å²) in [5.41, 5.74) is -1.04. The van der Waals surface area contributed by atoms with E-state index >= 15 is 0 Å². The molecule has 0 aliphatic carbocycles. The number of benzene rings is 3. The minimum Gasteiger partial charge on any atom is -0.426 e. The van der Waals surface area contributed by atoms with E-state index in [1.54, 1.807) is 0 Å². The number of rotatable bonds is 5. The summed E-state index contributed by atoms with van der Waals surface area (Å²) >= 11 is 0. The van der Waals surface area contributed by atoms with E-state index in [1.807, 2.05) is 0 Å². The van der Waals surface area contributed by atoms with Gasteiger partial charge in [-0.05, 0) is 66.3 Å². The highest BCUT2D eigenvalue weighted by molar-refractivity contribution is 5.65. The molecule has 34 heavy (non-hydrogen) atoms. The van der Waals surface area contributed by atoms with Crippen molar-refractivity contribution in [2.24, 2.45) is 5.92 Å². The molecule has 0 spiro atoms. The molecule has 0 saturated carbocycles. The quantitative estimate of drug-likeness (QED) is 0.273. The zero-order valence-corrected chi connectivity index (χ0v) is 17.9. The van der Waals surface area contributed by atoms with Gasteiger partial charge in [-0.15, -0.1) is 0 Å². The van der Waals surface area contributed by atoms with Gasteiger partial charge in [0, 0.05) is 12.2 Å². The maximum Gasteiger partial charge on any atom is 0.426 e. The SMILES string of the molecule is CC1CCC(c2ccc(C(F)(F)Oc3ccc(-c4cc(F)c(F)c(F)c4)c(F)c3F)cc2)OC1. The second kappa shape index (κ2) is 9.29. The van der Waals surface area contributed by atoms with Gasteiger partial charge in [-0.25, -0.2) is 17.6 Å². The smallest absolute Gasteiger partial charge is 0.426 e. The number of hydrogen-bond acceptors (Lipinski definition) is 2. The Kier molecular flexibility index (Phi) is 6.58. The Morgan fingerprint density at radius 1 is 0.824 bits per heavy atom. The molecule has 3 aromatic rings. The molecule has 0 amide bonds. The molecule has 1 heterocycles. The maximum absolute atomic E-state index is 14.7. The first kappa shape index (κ1) is 24.1. The van der Waals surface area contributed by atoms with Crippen LogP contribution >= 0.6 is 0 Å². The molecule has 1 aliphatic rings. The molecule has 1 saturated heterocycles. The van der Waals surface area contributed by atoms with Crippen LogP contribution in [0.1, 0.15) is 37.0 Å². The second-order valence-electron chi connectivity index (χ2n) is 8.24. The largest absolute Gasteiger partial charge is 0.426 e. The topological polar surface area (TPSA) is 18.5 Å². The molecule has 3 aromatic carbocycles. The Bertz CT molecular complexity index is 1160. The molecule has 0 radical (unpaired) electrons. The van der Waals surface area contributed by atoms with Crippen LogP contribution in [0, 0.1) is 35.0 Å². The molecular weight excluding hydrogens is 465 g/mol. The van der Waals surface area contributed by atoms with Crippen molar-refractivity contribution in [3.05, 3.63) is 88.7 Å². The minimum absolute atomic E-state index is 0.208. The van der Waals surface area contributed by atoms with Crippen molar-refractivity contribution in [1.29, 1.82) is 0 Å². The lowest BCUT2D eigenvalue weighted by Crippen LogP contribution is -2.23. The van der Waals surface area contributed by atoms with Crippen LogP contribution < -0.4 is 4.74 Å². The summed E-state index contributed by atoms with van der Waals surface area (Å²) in [7, 11) is 0. The highest BCUT2D eigenvalue weighted by Gasteiger charge is 2.36. The summed E-state index contributed by atoms with van der Waals surface area (Å²) in [5.74, 6) is -9.16. The zero-order chi connectivity index (χ0) is 24.6. The first-order chi connectivity index (χ1) is 16.1. The summed E-state index contributed by atoms with van der Waals surface area (Å²) < 4.78 is 109. The predicted octanol–water partition coefficient (Wildman–Crippen LogP) is 7.67. The third-order valence-corrected chi connectivity index (χ3v) is 5.70.